The minimum Gasteiger partial charge on any atom is -0.497 e. The van der Waals surface area contributed by atoms with Crippen LogP contribution in [0.25, 0.3) is 11.0 Å². The van der Waals surface area contributed by atoms with Gasteiger partial charge >= 0.3 is 0 Å². The van der Waals surface area contributed by atoms with Crippen LogP contribution in [0.15, 0.2) is 65.6 Å². The Morgan fingerprint density at radius 3 is 2.21 bits per heavy atom. The molecule has 0 saturated carbocycles. The van der Waals surface area contributed by atoms with Gasteiger partial charge < -0.3 is 34.7 Å². The van der Waals surface area contributed by atoms with Gasteiger partial charge in [-0.2, -0.15) is 0 Å². The zero-order valence-corrected chi connectivity index (χ0v) is 24.0. The average molecular weight is 598 g/mol. The molecule has 0 spiro atoms. The molecule has 4 aromatic rings. The summed E-state index contributed by atoms with van der Waals surface area (Å²) in [5.74, 6) is 0.814. The second-order valence-corrected chi connectivity index (χ2v) is 10.4. The third-order valence-corrected chi connectivity index (χ3v) is 7.09. The molecule has 0 bridgehead atoms. The van der Waals surface area contributed by atoms with Gasteiger partial charge in [-0.3, -0.25) is 9.52 Å². The number of aromatic nitrogens is 2. The molecule has 1 amide bonds. The van der Waals surface area contributed by atoms with Crippen molar-refractivity contribution in [3.8, 4) is 17.2 Å². The first kappa shape index (κ1) is 30.3. The monoisotopic (exact) mass is 597 g/mol. The second-order valence-electron chi connectivity index (χ2n) is 8.74. The van der Waals surface area contributed by atoms with Crippen molar-refractivity contribution in [3.05, 3.63) is 60.7 Å². The summed E-state index contributed by atoms with van der Waals surface area (Å²) in [6, 6.07) is 16.0. The van der Waals surface area contributed by atoms with Crippen LogP contribution in [0, 0.1) is 0 Å². The van der Waals surface area contributed by atoms with Gasteiger partial charge in [-0.25, -0.2) is 18.4 Å². The molecule has 0 radical (unpaired) electrons. The Morgan fingerprint density at radius 1 is 0.905 bits per heavy atom. The number of carbonyl (C=O) groups excluding carboxylic acids is 1. The molecular formula is C28H31N5O8S. The fourth-order valence-electron chi connectivity index (χ4n) is 3.85. The quantitative estimate of drug-likeness (QED) is 0.157. The van der Waals surface area contributed by atoms with E-state index < -0.39 is 10.0 Å². The molecule has 0 aliphatic rings. The number of sulfonamides is 1. The molecule has 3 aromatic carbocycles. The first-order chi connectivity index (χ1) is 20.2. The van der Waals surface area contributed by atoms with Crippen molar-refractivity contribution >= 4 is 50.0 Å². The molecule has 4 N–H and O–H groups in total. The van der Waals surface area contributed by atoms with Crippen LogP contribution in [0.5, 0.6) is 17.2 Å². The maximum Gasteiger partial charge on any atom is 0.263 e. The summed E-state index contributed by atoms with van der Waals surface area (Å²) in [5, 5.41) is 14.7. The summed E-state index contributed by atoms with van der Waals surface area (Å²) in [7, 11) is -1.16. The van der Waals surface area contributed by atoms with Crippen LogP contribution in [-0.4, -0.2) is 70.0 Å². The minimum absolute atomic E-state index is 0.0486. The number of benzene rings is 3. The van der Waals surface area contributed by atoms with Gasteiger partial charge in [0.2, 0.25) is 5.91 Å². The smallest absolute Gasteiger partial charge is 0.263 e. The van der Waals surface area contributed by atoms with Crippen LogP contribution in [0.4, 0.5) is 23.0 Å². The molecule has 0 fully saturated rings. The van der Waals surface area contributed by atoms with Crippen molar-refractivity contribution in [2.75, 3.05) is 56.0 Å². The number of methoxy groups -OCH3 is 2. The highest BCUT2D eigenvalue weighted by atomic mass is 32.2. The highest BCUT2D eigenvalue weighted by Crippen LogP contribution is 2.41. The maximum atomic E-state index is 13.4. The van der Waals surface area contributed by atoms with Crippen molar-refractivity contribution in [2.45, 2.75) is 11.8 Å². The number of fused-ring (bicyclic) bond motifs is 1. The molecule has 0 unspecified atom stereocenters. The van der Waals surface area contributed by atoms with E-state index in [0.717, 1.165) is 0 Å². The van der Waals surface area contributed by atoms with Crippen LogP contribution in [0.1, 0.15) is 6.92 Å². The molecular weight excluding hydrogens is 566 g/mol. The van der Waals surface area contributed by atoms with Crippen LogP contribution in [0.2, 0.25) is 0 Å². The minimum atomic E-state index is -4.12. The molecule has 0 saturated heterocycles. The first-order valence-corrected chi connectivity index (χ1v) is 14.2. The van der Waals surface area contributed by atoms with Gasteiger partial charge in [0.25, 0.3) is 10.0 Å². The summed E-state index contributed by atoms with van der Waals surface area (Å²) in [6.45, 7) is 1.75. The topological polar surface area (TPSA) is 170 Å². The SMILES string of the molecule is COc1cc(Nc2nc3ccccc3nc2NS(=O)(=O)c2ccc(NC(C)=O)cc2)c(OCCOCCO)c(OC)c1. The predicted octanol–water partition coefficient (Wildman–Crippen LogP) is 3.54. The molecule has 13 nitrogen and oxygen atoms in total. The lowest BCUT2D eigenvalue weighted by atomic mass is 10.2. The van der Waals surface area contributed by atoms with Crippen molar-refractivity contribution in [3.63, 3.8) is 0 Å². The Labute approximate surface area is 242 Å². The van der Waals surface area contributed by atoms with E-state index in [2.05, 4.69) is 25.3 Å². The van der Waals surface area contributed by atoms with E-state index in [4.69, 9.17) is 24.1 Å². The molecule has 42 heavy (non-hydrogen) atoms. The van der Waals surface area contributed by atoms with Crippen LogP contribution >= 0.6 is 0 Å². The molecule has 1 heterocycles. The van der Waals surface area contributed by atoms with Gasteiger partial charge in [-0.15, -0.1) is 0 Å². The van der Waals surface area contributed by atoms with Gasteiger partial charge in [0.15, 0.2) is 23.1 Å². The highest BCUT2D eigenvalue weighted by Gasteiger charge is 2.22. The number of nitrogens with one attached hydrogen (secondary N) is 3. The number of hydrogen-bond acceptors (Lipinski definition) is 11. The molecule has 222 valence electrons. The van der Waals surface area contributed by atoms with Crippen molar-refractivity contribution in [1.82, 2.24) is 9.97 Å². The van der Waals surface area contributed by atoms with E-state index in [1.54, 1.807) is 36.4 Å². The number of rotatable bonds is 14. The number of amides is 1. The van der Waals surface area contributed by atoms with E-state index in [0.29, 0.717) is 39.7 Å². The largest absolute Gasteiger partial charge is 0.497 e. The van der Waals surface area contributed by atoms with Gasteiger partial charge in [0.1, 0.15) is 12.4 Å². The lowest BCUT2D eigenvalue weighted by Gasteiger charge is -2.19. The number of carbonyl (C=O) groups is 1. The van der Waals surface area contributed by atoms with E-state index >= 15 is 0 Å². The fourth-order valence-corrected chi connectivity index (χ4v) is 4.86. The summed E-state index contributed by atoms with van der Waals surface area (Å²) in [5.41, 5.74) is 1.79. The van der Waals surface area contributed by atoms with Crippen molar-refractivity contribution in [1.29, 1.82) is 0 Å². The van der Waals surface area contributed by atoms with E-state index in [1.165, 1.54) is 45.4 Å². The highest BCUT2D eigenvalue weighted by molar-refractivity contribution is 7.92. The van der Waals surface area contributed by atoms with Gasteiger partial charge in [0.05, 0.1) is 55.7 Å². The Bertz CT molecular complexity index is 1650. The lowest BCUT2D eigenvalue weighted by molar-refractivity contribution is -0.114. The van der Waals surface area contributed by atoms with Gasteiger partial charge in [-0.1, -0.05) is 12.1 Å². The molecule has 0 atom stereocenters. The van der Waals surface area contributed by atoms with Gasteiger partial charge in [0, 0.05) is 24.7 Å². The Hall–Kier alpha value is -4.66. The van der Waals surface area contributed by atoms with Crippen LogP contribution in [-0.2, 0) is 19.6 Å². The fraction of sp³-hybridized carbons (Fsp3) is 0.250. The number of ether oxygens (including phenoxy) is 4. The second kappa shape index (κ2) is 13.8. The predicted molar refractivity (Wildman–Crippen MR) is 157 cm³/mol. The Kier molecular flexibility index (Phi) is 9.96. The molecule has 0 aliphatic heterocycles. The van der Waals surface area contributed by atoms with Crippen LogP contribution in [0.3, 0.4) is 0 Å². The zero-order valence-electron chi connectivity index (χ0n) is 23.2. The van der Waals surface area contributed by atoms with Crippen molar-refractivity contribution < 1.29 is 37.3 Å². The number of anilines is 4. The molecule has 4 rings (SSSR count). The normalized spacial score (nSPS) is 11.1. The number of aliphatic hydroxyl groups excluding tert-OH is 1. The molecule has 0 aliphatic carbocycles. The average Bonchev–Trinajstić information content (AvgIpc) is 2.97. The van der Waals surface area contributed by atoms with E-state index in [9.17, 15) is 13.2 Å². The maximum absolute atomic E-state index is 13.4. The number of nitrogens with zero attached hydrogens (tertiary/aromatic N) is 2. The van der Waals surface area contributed by atoms with Crippen molar-refractivity contribution in [2.24, 2.45) is 0 Å². The summed E-state index contributed by atoms with van der Waals surface area (Å²) < 4.78 is 51.5. The third-order valence-electron chi connectivity index (χ3n) is 5.73. The third kappa shape index (κ3) is 7.54. The Balaban J connectivity index is 1.73. The van der Waals surface area contributed by atoms with E-state index in [1.807, 2.05) is 0 Å². The van der Waals surface area contributed by atoms with Gasteiger partial charge in [-0.05, 0) is 36.4 Å². The number of hydrogen-bond donors (Lipinski definition) is 4. The summed E-state index contributed by atoms with van der Waals surface area (Å²) in [4.78, 5) is 20.4. The first-order valence-electron chi connectivity index (χ1n) is 12.8. The standard InChI is InChI=1S/C28H31N5O8S/c1-18(35)29-19-8-10-21(11-9-19)42(36,37)33-28-27(30-22-6-4-5-7-23(22)31-28)32-24-16-20(38-2)17-25(39-3)26(24)41-15-14-40-13-12-34/h4-11,16-17,34H,12-15H2,1-3H3,(H,29,35)(H,30,32)(H,31,33). The summed E-state index contributed by atoms with van der Waals surface area (Å²) in [6.07, 6.45) is 0. The zero-order chi connectivity index (χ0) is 30.1. The Morgan fingerprint density at radius 2 is 1.60 bits per heavy atom. The summed E-state index contributed by atoms with van der Waals surface area (Å²) >= 11 is 0. The molecule has 14 heteroatoms. The number of para-hydroxylation sites is 2. The molecule has 1 aromatic heterocycles. The lowest BCUT2D eigenvalue weighted by Crippen LogP contribution is -2.16. The van der Waals surface area contributed by atoms with Crippen LogP contribution < -0.4 is 29.6 Å². The number of aliphatic hydroxyl groups is 1. The van der Waals surface area contributed by atoms with E-state index in [-0.39, 0.29) is 48.9 Å².